The SMILES string of the molecule is Cc1nn(C)cc1-c1cc(C(F)F)nc2sc(C(N)=O)c(NC(=O)c3cnn4c(-c5cccs5)ccnc34)c12. The molecule has 0 aromatic carbocycles. The van der Waals surface area contributed by atoms with Gasteiger partial charge in [0.25, 0.3) is 18.2 Å². The molecule has 6 aromatic heterocycles. The number of aryl methyl sites for hydroxylation is 2. The molecule has 0 bridgehead atoms. The maximum atomic E-state index is 13.8. The summed E-state index contributed by atoms with van der Waals surface area (Å²) in [5.41, 5.74) is 7.95. The van der Waals surface area contributed by atoms with E-state index >= 15 is 0 Å². The molecule has 0 spiro atoms. The number of carbonyl (C=O) groups is 2. The number of amides is 2. The maximum Gasteiger partial charge on any atom is 0.280 e. The third kappa shape index (κ3) is 4.13. The molecular formula is C25H18F2N8O2S2. The number of nitrogens with zero attached hydrogens (tertiary/aromatic N) is 6. The van der Waals surface area contributed by atoms with E-state index in [1.54, 1.807) is 41.6 Å². The fourth-order valence-electron chi connectivity index (χ4n) is 4.44. The van der Waals surface area contributed by atoms with Crippen LogP contribution in [-0.2, 0) is 7.05 Å². The van der Waals surface area contributed by atoms with Crippen LogP contribution in [0, 0.1) is 6.92 Å². The lowest BCUT2D eigenvalue weighted by Crippen LogP contribution is -2.17. The summed E-state index contributed by atoms with van der Waals surface area (Å²) in [6.07, 6.45) is 1.78. The van der Waals surface area contributed by atoms with Gasteiger partial charge >= 0.3 is 0 Å². The second-order valence-electron chi connectivity index (χ2n) is 8.60. The monoisotopic (exact) mass is 564 g/mol. The highest BCUT2D eigenvalue weighted by Gasteiger charge is 2.27. The number of nitrogens with two attached hydrogens (primary N) is 1. The molecule has 6 heterocycles. The molecule has 0 aliphatic carbocycles. The highest BCUT2D eigenvalue weighted by atomic mass is 32.1. The van der Waals surface area contributed by atoms with Crippen molar-refractivity contribution < 1.29 is 18.4 Å². The Labute approximate surface area is 226 Å². The Hall–Kier alpha value is -4.56. The van der Waals surface area contributed by atoms with Crippen molar-refractivity contribution in [1.29, 1.82) is 0 Å². The Morgan fingerprint density at radius 3 is 2.69 bits per heavy atom. The molecule has 0 radical (unpaired) electrons. The number of pyridine rings is 1. The molecule has 0 saturated heterocycles. The zero-order valence-corrected chi connectivity index (χ0v) is 22.0. The van der Waals surface area contributed by atoms with Gasteiger partial charge in [-0.05, 0) is 36.1 Å². The zero-order valence-electron chi connectivity index (χ0n) is 20.3. The van der Waals surface area contributed by atoms with Crippen LogP contribution in [0.2, 0.25) is 0 Å². The lowest BCUT2D eigenvalue weighted by Gasteiger charge is -2.10. The largest absolute Gasteiger partial charge is 0.365 e. The summed E-state index contributed by atoms with van der Waals surface area (Å²) in [4.78, 5) is 35.5. The number of fused-ring (bicyclic) bond motifs is 2. The predicted molar refractivity (Wildman–Crippen MR) is 144 cm³/mol. The molecule has 196 valence electrons. The Bertz CT molecular complexity index is 1910. The van der Waals surface area contributed by atoms with Crippen LogP contribution < -0.4 is 11.1 Å². The predicted octanol–water partition coefficient (Wildman–Crippen LogP) is 5.07. The van der Waals surface area contributed by atoms with E-state index in [0.29, 0.717) is 27.9 Å². The van der Waals surface area contributed by atoms with Crippen molar-refractivity contribution in [3.8, 4) is 21.7 Å². The van der Waals surface area contributed by atoms with E-state index in [2.05, 4.69) is 25.5 Å². The van der Waals surface area contributed by atoms with E-state index in [-0.39, 0.29) is 21.0 Å². The van der Waals surface area contributed by atoms with E-state index in [4.69, 9.17) is 5.73 Å². The van der Waals surface area contributed by atoms with Crippen molar-refractivity contribution in [3.63, 3.8) is 0 Å². The van der Waals surface area contributed by atoms with Gasteiger partial charge < -0.3 is 11.1 Å². The molecule has 10 nitrogen and oxygen atoms in total. The summed E-state index contributed by atoms with van der Waals surface area (Å²) in [6, 6.07) is 6.87. The Kier molecular flexibility index (Phi) is 5.92. The van der Waals surface area contributed by atoms with Gasteiger partial charge in [0, 0.05) is 30.4 Å². The molecule has 39 heavy (non-hydrogen) atoms. The lowest BCUT2D eigenvalue weighted by molar-refractivity contribution is 0.100. The van der Waals surface area contributed by atoms with Gasteiger partial charge in [-0.1, -0.05) is 6.07 Å². The van der Waals surface area contributed by atoms with Gasteiger partial charge in [-0.3, -0.25) is 14.3 Å². The van der Waals surface area contributed by atoms with Crippen LogP contribution in [0.5, 0.6) is 0 Å². The molecule has 0 aliphatic heterocycles. The van der Waals surface area contributed by atoms with E-state index in [9.17, 15) is 18.4 Å². The van der Waals surface area contributed by atoms with Gasteiger partial charge in [0.05, 0.1) is 28.1 Å². The first-order valence-electron chi connectivity index (χ1n) is 11.5. The van der Waals surface area contributed by atoms with Gasteiger partial charge in [0.15, 0.2) is 5.65 Å². The fourth-order valence-corrected chi connectivity index (χ4v) is 6.19. The number of anilines is 1. The number of nitrogens with one attached hydrogen (secondary N) is 1. The van der Waals surface area contributed by atoms with Gasteiger partial charge in [-0.15, -0.1) is 22.7 Å². The summed E-state index contributed by atoms with van der Waals surface area (Å²) in [6.45, 7) is 1.74. The number of hydrogen-bond acceptors (Lipinski definition) is 8. The molecular weight excluding hydrogens is 546 g/mol. The fraction of sp³-hybridized carbons (Fsp3) is 0.120. The second kappa shape index (κ2) is 9.32. The van der Waals surface area contributed by atoms with Gasteiger partial charge in [-0.2, -0.15) is 10.2 Å². The van der Waals surface area contributed by atoms with Crippen molar-refractivity contribution in [2.75, 3.05) is 5.32 Å². The van der Waals surface area contributed by atoms with E-state index < -0.39 is 23.9 Å². The minimum atomic E-state index is -2.86. The van der Waals surface area contributed by atoms with Crippen LogP contribution in [0.25, 0.3) is 37.6 Å². The quantitative estimate of drug-likeness (QED) is 0.290. The Morgan fingerprint density at radius 1 is 1.21 bits per heavy atom. The number of halogens is 2. The van der Waals surface area contributed by atoms with Crippen LogP contribution >= 0.6 is 22.7 Å². The van der Waals surface area contributed by atoms with Crippen molar-refractivity contribution >= 4 is 56.0 Å². The van der Waals surface area contributed by atoms with Crippen LogP contribution in [0.1, 0.15) is 37.8 Å². The number of rotatable bonds is 6. The molecule has 0 atom stereocenters. The molecule has 0 aliphatic rings. The Balaban J connectivity index is 1.52. The van der Waals surface area contributed by atoms with Crippen molar-refractivity contribution in [3.05, 3.63) is 70.1 Å². The molecule has 0 fully saturated rings. The number of alkyl halides is 2. The lowest BCUT2D eigenvalue weighted by atomic mass is 10.0. The molecule has 2 amide bonds. The molecule has 6 rings (SSSR count). The molecule has 0 unspecified atom stereocenters. The zero-order chi connectivity index (χ0) is 27.4. The third-order valence-electron chi connectivity index (χ3n) is 6.09. The molecule has 14 heteroatoms. The van der Waals surface area contributed by atoms with E-state index in [0.717, 1.165) is 21.9 Å². The molecule has 0 saturated carbocycles. The average molecular weight is 565 g/mol. The highest BCUT2D eigenvalue weighted by molar-refractivity contribution is 7.21. The van der Waals surface area contributed by atoms with Crippen LogP contribution in [-0.4, -0.2) is 41.2 Å². The van der Waals surface area contributed by atoms with Gasteiger partial charge in [-0.25, -0.2) is 23.3 Å². The molecule has 6 aromatic rings. The minimum Gasteiger partial charge on any atom is -0.365 e. The summed E-state index contributed by atoms with van der Waals surface area (Å²) >= 11 is 2.35. The Morgan fingerprint density at radius 2 is 2.03 bits per heavy atom. The van der Waals surface area contributed by atoms with Crippen molar-refractivity contribution in [2.45, 2.75) is 13.3 Å². The average Bonchev–Trinajstić information content (AvgIpc) is 3.69. The number of hydrogen-bond donors (Lipinski definition) is 2. The first-order chi connectivity index (χ1) is 18.7. The summed E-state index contributed by atoms with van der Waals surface area (Å²) < 4.78 is 30.7. The van der Waals surface area contributed by atoms with Gasteiger partial charge in [0.2, 0.25) is 0 Å². The summed E-state index contributed by atoms with van der Waals surface area (Å²) in [5.74, 6) is -1.44. The van der Waals surface area contributed by atoms with Crippen LogP contribution in [0.15, 0.2) is 48.2 Å². The van der Waals surface area contributed by atoms with E-state index in [1.807, 2.05) is 17.5 Å². The first-order valence-corrected chi connectivity index (χ1v) is 13.2. The number of primary amides is 1. The first kappa shape index (κ1) is 24.8. The van der Waals surface area contributed by atoms with Crippen LogP contribution in [0.4, 0.5) is 14.5 Å². The van der Waals surface area contributed by atoms with Crippen molar-refractivity contribution in [1.82, 2.24) is 29.4 Å². The number of aromatic nitrogens is 6. The normalized spacial score (nSPS) is 11.6. The minimum absolute atomic E-state index is 0.0243. The topological polar surface area (TPSA) is 133 Å². The maximum absolute atomic E-state index is 13.8. The van der Waals surface area contributed by atoms with Crippen LogP contribution in [0.3, 0.4) is 0 Å². The summed E-state index contributed by atoms with van der Waals surface area (Å²) in [5, 5.41) is 13.7. The number of carbonyl (C=O) groups excluding carboxylic acids is 2. The number of thiophene rings is 2. The smallest absolute Gasteiger partial charge is 0.280 e. The highest BCUT2D eigenvalue weighted by Crippen LogP contribution is 2.43. The van der Waals surface area contributed by atoms with E-state index in [1.165, 1.54) is 23.6 Å². The second-order valence-corrected chi connectivity index (χ2v) is 10.5. The van der Waals surface area contributed by atoms with Gasteiger partial charge in [0.1, 0.15) is 21.0 Å². The summed E-state index contributed by atoms with van der Waals surface area (Å²) in [7, 11) is 1.71. The molecule has 3 N–H and O–H groups in total. The third-order valence-corrected chi connectivity index (χ3v) is 8.08. The van der Waals surface area contributed by atoms with Crippen molar-refractivity contribution in [2.24, 2.45) is 12.8 Å². The standard InChI is InChI=1S/C25H18F2N8O2S2/c1-11-14(10-34(2)33-11)12-8-15(21(26)27)31-25-18(12)19(20(39-25)22(28)36)32-24(37)13-9-30-35-16(5-6-29-23(13)35)17-4-3-7-38-17/h3-10,21H,1-2H3,(H2,28,36)(H,32,37).